The van der Waals surface area contributed by atoms with Crippen molar-refractivity contribution in [2.24, 2.45) is 0 Å². The van der Waals surface area contributed by atoms with Crippen LogP contribution in [0, 0.1) is 0 Å². The van der Waals surface area contributed by atoms with Crippen molar-refractivity contribution in [3.05, 3.63) is 59.9 Å². The van der Waals surface area contributed by atoms with E-state index in [4.69, 9.17) is 0 Å². The molecule has 0 bridgehead atoms. The Morgan fingerprint density at radius 3 is 2.61 bits per heavy atom. The molecular weight excluding hydrogens is 240 g/mol. The van der Waals surface area contributed by atoms with Gasteiger partial charge in [0.2, 0.25) is 0 Å². The Labute approximate surface area is 113 Å². The first-order valence-corrected chi connectivity index (χ1v) is 7.07. The summed E-state index contributed by atoms with van der Waals surface area (Å²) in [5, 5.41) is 3.24. The number of nitrogens with one attached hydrogen (secondary N) is 1. The minimum atomic E-state index is 0.405. The van der Waals surface area contributed by atoms with Crippen LogP contribution in [0.5, 0.6) is 0 Å². The van der Waals surface area contributed by atoms with Gasteiger partial charge in [-0.3, -0.25) is 4.98 Å². The summed E-state index contributed by atoms with van der Waals surface area (Å²) in [6, 6.07) is 13.2. The molecule has 1 N–H and O–H groups in total. The molecule has 1 atom stereocenters. The van der Waals surface area contributed by atoms with Crippen LogP contribution in [0.2, 0.25) is 0 Å². The van der Waals surface area contributed by atoms with E-state index >= 15 is 0 Å². The molecule has 0 aliphatic carbocycles. The van der Waals surface area contributed by atoms with Crippen molar-refractivity contribution in [1.82, 2.24) is 10.3 Å². The van der Waals surface area contributed by atoms with Crippen LogP contribution in [0.1, 0.15) is 24.1 Å². The Kier molecular flexibility index (Phi) is 4.79. The van der Waals surface area contributed by atoms with E-state index in [1.807, 2.05) is 37.3 Å². The van der Waals surface area contributed by atoms with Gasteiger partial charge in [-0.25, -0.2) is 0 Å². The SMILES string of the molecule is CNC(C)c1ccc(SCc2cccnc2)cc1. The number of benzene rings is 1. The summed E-state index contributed by atoms with van der Waals surface area (Å²) in [6.07, 6.45) is 3.73. The van der Waals surface area contributed by atoms with Gasteiger partial charge in [0.05, 0.1) is 0 Å². The molecule has 0 fully saturated rings. The molecule has 18 heavy (non-hydrogen) atoms. The first kappa shape index (κ1) is 13.1. The third kappa shape index (κ3) is 3.59. The van der Waals surface area contributed by atoms with Crippen LogP contribution in [-0.2, 0) is 5.75 Å². The molecule has 0 aliphatic heterocycles. The summed E-state index contributed by atoms with van der Waals surface area (Å²) < 4.78 is 0. The zero-order chi connectivity index (χ0) is 12.8. The number of aromatic nitrogens is 1. The van der Waals surface area contributed by atoms with Gasteiger partial charge in [-0.05, 0) is 43.3 Å². The van der Waals surface area contributed by atoms with Crippen LogP contribution in [-0.4, -0.2) is 12.0 Å². The van der Waals surface area contributed by atoms with E-state index in [9.17, 15) is 0 Å². The minimum absolute atomic E-state index is 0.405. The molecule has 1 unspecified atom stereocenters. The van der Waals surface area contributed by atoms with Gasteiger partial charge in [-0.15, -0.1) is 11.8 Å². The van der Waals surface area contributed by atoms with Crippen molar-refractivity contribution >= 4 is 11.8 Å². The molecule has 94 valence electrons. The molecule has 2 nitrogen and oxygen atoms in total. The van der Waals surface area contributed by atoms with Crippen molar-refractivity contribution in [2.75, 3.05) is 7.05 Å². The molecule has 0 radical (unpaired) electrons. The van der Waals surface area contributed by atoms with Crippen LogP contribution in [0.3, 0.4) is 0 Å². The predicted octanol–water partition coefficient (Wildman–Crippen LogP) is 3.65. The normalized spacial score (nSPS) is 12.3. The zero-order valence-electron chi connectivity index (χ0n) is 10.8. The third-order valence-corrected chi connectivity index (χ3v) is 4.02. The molecule has 3 heteroatoms. The van der Waals surface area contributed by atoms with Gasteiger partial charge in [0, 0.05) is 29.1 Å². The lowest BCUT2D eigenvalue weighted by molar-refractivity contribution is 0.652. The molecule has 1 aromatic heterocycles. The summed E-state index contributed by atoms with van der Waals surface area (Å²) in [4.78, 5) is 5.42. The molecule has 0 aliphatic rings. The van der Waals surface area contributed by atoms with Gasteiger partial charge in [-0.2, -0.15) is 0 Å². The van der Waals surface area contributed by atoms with Crippen molar-refractivity contribution in [2.45, 2.75) is 23.6 Å². The Balaban J connectivity index is 1.94. The maximum Gasteiger partial charge on any atom is 0.0308 e. The van der Waals surface area contributed by atoms with E-state index in [2.05, 4.69) is 47.6 Å². The number of thioether (sulfide) groups is 1. The highest BCUT2D eigenvalue weighted by atomic mass is 32.2. The Morgan fingerprint density at radius 1 is 1.22 bits per heavy atom. The summed E-state index contributed by atoms with van der Waals surface area (Å²) in [5.41, 5.74) is 2.58. The number of nitrogens with zero attached hydrogens (tertiary/aromatic N) is 1. The van der Waals surface area contributed by atoms with Gasteiger partial charge < -0.3 is 5.32 Å². The van der Waals surface area contributed by atoms with Gasteiger partial charge in [-0.1, -0.05) is 18.2 Å². The molecular formula is C15H18N2S. The van der Waals surface area contributed by atoms with Gasteiger partial charge in [0.25, 0.3) is 0 Å². The Bertz CT molecular complexity index is 468. The van der Waals surface area contributed by atoms with E-state index in [1.54, 1.807) is 0 Å². The minimum Gasteiger partial charge on any atom is -0.313 e. The average Bonchev–Trinajstić information content (AvgIpc) is 2.46. The maximum absolute atomic E-state index is 4.12. The quantitative estimate of drug-likeness (QED) is 0.829. The number of pyridine rings is 1. The van der Waals surface area contributed by atoms with Crippen molar-refractivity contribution in [3.8, 4) is 0 Å². The number of rotatable bonds is 5. The highest BCUT2D eigenvalue weighted by Crippen LogP contribution is 2.24. The van der Waals surface area contributed by atoms with Crippen LogP contribution in [0.15, 0.2) is 53.7 Å². The zero-order valence-corrected chi connectivity index (χ0v) is 11.6. The summed E-state index contributed by atoms with van der Waals surface area (Å²) in [7, 11) is 1.98. The van der Waals surface area contributed by atoms with E-state index in [1.165, 1.54) is 16.0 Å². The van der Waals surface area contributed by atoms with Crippen molar-refractivity contribution < 1.29 is 0 Å². The van der Waals surface area contributed by atoms with Crippen molar-refractivity contribution in [1.29, 1.82) is 0 Å². The second-order valence-corrected chi connectivity index (χ2v) is 5.28. The first-order valence-electron chi connectivity index (χ1n) is 6.08. The molecule has 2 rings (SSSR count). The fraction of sp³-hybridized carbons (Fsp3) is 0.267. The first-order chi connectivity index (χ1) is 8.79. The van der Waals surface area contributed by atoms with E-state index < -0.39 is 0 Å². The lowest BCUT2D eigenvalue weighted by atomic mass is 10.1. The highest BCUT2D eigenvalue weighted by Gasteiger charge is 2.02. The van der Waals surface area contributed by atoms with Crippen LogP contribution in [0.4, 0.5) is 0 Å². The standard InChI is InChI=1S/C15H18N2S/c1-12(16-2)14-5-7-15(8-6-14)18-11-13-4-3-9-17-10-13/h3-10,12,16H,11H2,1-2H3. The monoisotopic (exact) mass is 258 g/mol. The Hall–Kier alpha value is -1.32. The lowest BCUT2D eigenvalue weighted by Crippen LogP contribution is -2.11. The van der Waals surface area contributed by atoms with Gasteiger partial charge >= 0.3 is 0 Å². The summed E-state index contributed by atoms with van der Waals surface area (Å²) in [6.45, 7) is 2.16. The second kappa shape index (κ2) is 6.57. The average molecular weight is 258 g/mol. The van der Waals surface area contributed by atoms with E-state index in [0.717, 1.165) is 5.75 Å². The largest absolute Gasteiger partial charge is 0.313 e. The van der Waals surface area contributed by atoms with E-state index in [0.29, 0.717) is 6.04 Å². The van der Waals surface area contributed by atoms with E-state index in [-0.39, 0.29) is 0 Å². The topological polar surface area (TPSA) is 24.9 Å². The molecule has 0 saturated carbocycles. The van der Waals surface area contributed by atoms with Crippen LogP contribution in [0.25, 0.3) is 0 Å². The fourth-order valence-corrected chi connectivity index (χ4v) is 2.50. The predicted molar refractivity (Wildman–Crippen MR) is 77.7 cm³/mol. The van der Waals surface area contributed by atoms with Gasteiger partial charge in [0.15, 0.2) is 0 Å². The third-order valence-electron chi connectivity index (χ3n) is 2.94. The molecule has 1 aromatic carbocycles. The molecule has 0 saturated heterocycles. The highest BCUT2D eigenvalue weighted by molar-refractivity contribution is 7.98. The number of hydrogen-bond acceptors (Lipinski definition) is 3. The van der Waals surface area contributed by atoms with Crippen LogP contribution >= 0.6 is 11.8 Å². The van der Waals surface area contributed by atoms with Crippen molar-refractivity contribution in [3.63, 3.8) is 0 Å². The summed E-state index contributed by atoms with van der Waals surface area (Å²) in [5.74, 6) is 0.967. The molecule has 0 amide bonds. The van der Waals surface area contributed by atoms with Crippen LogP contribution < -0.4 is 5.32 Å². The Morgan fingerprint density at radius 2 is 2.00 bits per heavy atom. The van der Waals surface area contributed by atoms with Gasteiger partial charge in [0.1, 0.15) is 0 Å². The number of hydrogen-bond donors (Lipinski definition) is 1. The summed E-state index contributed by atoms with van der Waals surface area (Å²) >= 11 is 1.84. The second-order valence-electron chi connectivity index (χ2n) is 4.23. The maximum atomic E-state index is 4.12. The fourth-order valence-electron chi connectivity index (χ4n) is 1.67. The molecule has 2 aromatic rings. The molecule has 0 spiro atoms. The smallest absolute Gasteiger partial charge is 0.0308 e. The lowest BCUT2D eigenvalue weighted by Gasteiger charge is -2.10. The molecule has 1 heterocycles.